The standard InChI is InChI=1S/C14H13N3O/c1-2-4-13-12(3-1)17-14(18-13)16-10-7-11-5-8-15-9-6-11/h1-6,8-9H,7,10H2,(H,16,17). The number of rotatable bonds is 4. The van der Waals surface area contributed by atoms with Crippen LogP contribution in [0, 0.1) is 0 Å². The monoisotopic (exact) mass is 239 g/mol. The Bertz CT molecular complexity index is 601. The number of nitrogens with zero attached hydrogens (tertiary/aromatic N) is 2. The molecule has 4 heteroatoms. The highest BCUT2D eigenvalue weighted by molar-refractivity contribution is 5.74. The summed E-state index contributed by atoms with van der Waals surface area (Å²) < 4.78 is 5.57. The molecule has 0 radical (unpaired) electrons. The zero-order valence-corrected chi connectivity index (χ0v) is 9.84. The molecule has 0 aliphatic carbocycles. The Morgan fingerprint density at radius 2 is 1.89 bits per heavy atom. The number of oxazole rings is 1. The predicted octanol–water partition coefficient (Wildman–Crippen LogP) is 2.88. The van der Waals surface area contributed by atoms with Crippen molar-refractivity contribution in [2.75, 3.05) is 11.9 Å². The molecule has 0 aliphatic heterocycles. The van der Waals surface area contributed by atoms with Gasteiger partial charge >= 0.3 is 0 Å². The van der Waals surface area contributed by atoms with Gasteiger partial charge in [0.2, 0.25) is 0 Å². The Morgan fingerprint density at radius 3 is 2.72 bits per heavy atom. The number of fused-ring (bicyclic) bond motifs is 1. The van der Waals surface area contributed by atoms with Crippen LogP contribution in [0.15, 0.2) is 53.2 Å². The normalized spacial score (nSPS) is 10.7. The number of aromatic nitrogens is 2. The van der Waals surface area contributed by atoms with Gasteiger partial charge < -0.3 is 9.73 Å². The summed E-state index contributed by atoms with van der Waals surface area (Å²) in [5, 5.41) is 3.18. The zero-order chi connectivity index (χ0) is 12.2. The topological polar surface area (TPSA) is 51.0 Å². The second-order valence-electron chi connectivity index (χ2n) is 4.02. The van der Waals surface area contributed by atoms with Gasteiger partial charge in [-0.15, -0.1) is 0 Å². The lowest BCUT2D eigenvalue weighted by molar-refractivity contribution is 0.614. The van der Waals surface area contributed by atoms with E-state index in [-0.39, 0.29) is 0 Å². The molecule has 4 nitrogen and oxygen atoms in total. The van der Waals surface area contributed by atoms with Crippen molar-refractivity contribution in [2.45, 2.75) is 6.42 Å². The van der Waals surface area contributed by atoms with Gasteiger partial charge in [-0.3, -0.25) is 4.98 Å². The van der Waals surface area contributed by atoms with Crippen LogP contribution in [0.5, 0.6) is 0 Å². The minimum atomic E-state index is 0.574. The van der Waals surface area contributed by atoms with Crippen LogP contribution in [0.4, 0.5) is 6.01 Å². The molecule has 2 heterocycles. The van der Waals surface area contributed by atoms with Gasteiger partial charge in [-0.1, -0.05) is 12.1 Å². The van der Waals surface area contributed by atoms with Crippen molar-refractivity contribution in [3.05, 3.63) is 54.4 Å². The molecule has 2 aromatic heterocycles. The number of pyridine rings is 1. The molecule has 90 valence electrons. The van der Waals surface area contributed by atoms with Gasteiger partial charge in [0, 0.05) is 18.9 Å². The number of hydrogen-bond acceptors (Lipinski definition) is 4. The van der Waals surface area contributed by atoms with Crippen molar-refractivity contribution in [1.82, 2.24) is 9.97 Å². The molecule has 3 rings (SSSR count). The van der Waals surface area contributed by atoms with Gasteiger partial charge in [0.05, 0.1) is 0 Å². The molecule has 0 bridgehead atoms. The largest absolute Gasteiger partial charge is 0.424 e. The lowest BCUT2D eigenvalue weighted by Gasteiger charge is -2.01. The quantitative estimate of drug-likeness (QED) is 0.760. The second kappa shape index (κ2) is 4.87. The van der Waals surface area contributed by atoms with Crippen LogP contribution in [-0.2, 0) is 6.42 Å². The Hall–Kier alpha value is -2.36. The van der Waals surface area contributed by atoms with Crippen LogP contribution < -0.4 is 5.32 Å². The molecule has 3 aromatic rings. The van der Waals surface area contributed by atoms with E-state index in [4.69, 9.17) is 4.42 Å². The third-order valence-corrected chi connectivity index (χ3v) is 2.73. The average Bonchev–Trinajstić information content (AvgIpc) is 2.82. The first kappa shape index (κ1) is 10.8. The van der Waals surface area contributed by atoms with Gasteiger partial charge in [0.15, 0.2) is 5.58 Å². The first-order valence-corrected chi connectivity index (χ1v) is 5.90. The number of hydrogen-bond donors (Lipinski definition) is 1. The minimum Gasteiger partial charge on any atom is -0.424 e. The van der Waals surface area contributed by atoms with Gasteiger partial charge in [-0.2, -0.15) is 4.98 Å². The summed E-state index contributed by atoms with van der Waals surface area (Å²) in [5.41, 5.74) is 2.93. The number of anilines is 1. The van der Waals surface area contributed by atoms with E-state index in [9.17, 15) is 0 Å². The summed E-state index contributed by atoms with van der Waals surface area (Å²) in [7, 11) is 0. The summed E-state index contributed by atoms with van der Waals surface area (Å²) >= 11 is 0. The predicted molar refractivity (Wildman–Crippen MR) is 70.4 cm³/mol. The molecule has 0 saturated carbocycles. The molecular weight excluding hydrogens is 226 g/mol. The second-order valence-corrected chi connectivity index (χ2v) is 4.02. The smallest absolute Gasteiger partial charge is 0.295 e. The Morgan fingerprint density at radius 1 is 1.06 bits per heavy atom. The molecule has 1 N–H and O–H groups in total. The average molecular weight is 239 g/mol. The van der Waals surface area contributed by atoms with E-state index in [1.165, 1.54) is 5.56 Å². The highest BCUT2D eigenvalue weighted by Crippen LogP contribution is 2.17. The van der Waals surface area contributed by atoms with E-state index < -0.39 is 0 Å². The minimum absolute atomic E-state index is 0.574. The van der Waals surface area contributed by atoms with E-state index in [0.717, 1.165) is 24.1 Å². The van der Waals surface area contributed by atoms with Crippen LogP contribution >= 0.6 is 0 Å². The zero-order valence-electron chi connectivity index (χ0n) is 9.84. The maximum atomic E-state index is 5.57. The fourth-order valence-electron chi connectivity index (χ4n) is 1.81. The first-order valence-electron chi connectivity index (χ1n) is 5.90. The summed E-state index contributed by atoms with van der Waals surface area (Å²) in [5.74, 6) is 0. The van der Waals surface area contributed by atoms with Crippen LogP contribution in [0.1, 0.15) is 5.56 Å². The van der Waals surface area contributed by atoms with Gasteiger partial charge in [-0.05, 0) is 36.2 Å². The fourth-order valence-corrected chi connectivity index (χ4v) is 1.81. The van der Waals surface area contributed by atoms with Crippen molar-refractivity contribution < 1.29 is 4.42 Å². The fraction of sp³-hybridized carbons (Fsp3) is 0.143. The molecule has 0 saturated heterocycles. The summed E-state index contributed by atoms with van der Waals surface area (Å²) in [6.45, 7) is 0.789. The van der Waals surface area contributed by atoms with Crippen LogP contribution in [0.2, 0.25) is 0 Å². The maximum absolute atomic E-state index is 5.57. The van der Waals surface area contributed by atoms with E-state index in [0.29, 0.717) is 6.01 Å². The molecule has 0 fully saturated rings. The van der Waals surface area contributed by atoms with E-state index in [1.807, 2.05) is 36.4 Å². The van der Waals surface area contributed by atoms with E-state index in [1.54, 1.807) is 12.4 Å². The van der Waals surface area contributed by atoms with Crippen LogP contribution in [-0.4, -0.2) is 16.5 Å². The van der Waals surface area contributed by atoms with Crippen molar-refractivity contribution >= 4 is 17.1 Å². The van der Waals surface area contributed by atoms with Gasteiger partial charge in [0.1, 0.15) is 5.52 Å². The first-order chi connectivity index (χ1) is 8.92. The Labute approximate surface area is 105 Å². The Kier molecular flexibility index (Phi) is 2.92. The molecule has 0 aliphatic rings. The molecule has 1 aromatic carbocycles. The number of benzene rings is 1. The van der Waals surface area contributed by atoms with Crippen molar-refractivity contribution in [3.63, 3.8) is 0 Å². The third-order valence-electron chi connectivity index (χ3n) is 2.73. The molecule has 18 heavy (non-hydrogen) atoms. The number of nitrogens with one attached hydrogen (secondary N) is 1. The summed E-state index contributed by atoms with van der Waals surface area (Å²) in [6.07, 6.45) is 4.52. The summed E-state index contributed by atoms with van der Waals surface area (Å²) in [4.78, 5) is 8.34. The molecular formula is C14H13N3O. The van der Waals surface area contributed by atoms with Gasteiger partial charge in [-0.25, -0.2) is 0 Å². The molecule has 0 amide bonds. The lowest BCUT2D eigenvalue weighted by Crippen LogP contribution is -2.04. The molecule has 0 atom stereocenters. The third kappa shape index (κ3) is 2.32. The SMILES string of the molecule is c1ccc2oc(NCCc3ccncc3)nc2c1. The highest BCUT2D eigenvalue weighted by Gasteiger charge is 2.03. The summed E-state index contributed by atoms with van der Waals surface area (Å²) in [6, 6.07) is 12.3. The maximum Gasteiger partial charge on any atom is 0.295 e. The molecule has 0 spiro atoms. The van der Waals surface area contributed by atoms with Crippen molar-refractivity contribution in [2.24, 2.45) is 0 Å². The van der Waals surface area contributed by atoms with Crippen LogP contribution in [0.3, 0.4) is 0 Å². The van der Waals surface area contributed by atoms with Gasteiger partial charge in [0.25, 0.3) is 6.01 Å². The Balaban J connectivity index is 1.63. The van der Waals surface area contributed by atoms with Crippen molar-refractivity contribution in [1.29, 1.82) is 0 Å². The lowest BCUT2D eigenvalue weighted by atomic mass is 10.2. The number of para-hydroxylation sites is 2. The van der Waals surface area contributed by atoms with E-state index >= 15 is 0 Å². The van der Waals surface area contributed by atoms with Crippen molar-refractivity contribution in [3.8, 4) is 0 Å². The molecule has 0 unspecified atom stereocenters. The van der Waals surface area contributed by atoms with Crippen LogP contribution in [0.25, 0.3) is 11.1 Å². The van der Waals surface area contributed by atoms with E-state index in [2.05, 4.69) is 15.3 Å². The highest BCUT2D eigenvalue weighted by atomic mass is 16.4.